The number of fused-ring (bicyclic) bond motifs is 1. The molecule has 2 N–H and O–H groups in total. The van der Waals surface area contributed by atoms with E-state index in [1.165, 1.54) is 0 Å². The number of rotatable bonds is 4. The molecule has 0 aromatic heterocycles. The van der Waals surface area contributed by atoms with Crippen molar-refractivity contribution in [1.29, 1.82) is 0 Å². The second kappa shape index (κ2) is 5.94. The smallest absolute Gasteiger partial charge is 0.326 e. The highest BCUT2D eigenvalue weighted by atomic mass is 16.4. The number of nitrogens with one attached hydrogen (secondary N) is 1. The van der Waals surface area contributed by atoms with Crippen molar-refractivity contribution in [2.24, 2.45) is 0 Å². The summed E-state index contributed by atoms with van der Waals surface area (Å²) in [6, 6.07) is 6.62. The maximum Gasteiger partial charge on any atom is 0.326 e. The molecular formula is C15H20N2O3. The van der Waals surface area contributed by atoms with Gasteiger partial charge < -0.3 is 10.4 Å². The van der Waals surface area contributed by atoms with Crippen molar-refractivity contribution in [2.45, 2.75) is 45.2 Å². The first-order valence-corrected chi connectivity index (χ1v) is 6.95. The van der Waals surface area contributed by atoms with Crippen molar-refractivity contribution in [2.75, 3.05) is 4.90 Å². The lowest BCUT2D eigenvalue weighted by molar-refractivity contribution is -0.139. The van der Waals surface area contributed by atoms with Crippen LogP contribution in [0.15, 0.2) is 24.3 Å². The maximum absolute atomic E-state index is 12.4. The van der Waals surface area contributed by atoms with Gasteiger partial charge in [-0.05, 0) is 31.4 Å². The fraction of sp³-hybridized carbons (Fsp3) is 0.467. The lowest BCUT2D eigenvalue weighted by Crippen LogP contribution is -2.49. The molecule has 0 aliphatic carbocycles. The van der Waals surface area contributed by atoms with E-state index in [-0.39, 0.29) is 12.1 Å². The number of hydrogen-bond donors (Lipinski definition) is 2. The van der Waals surface area contributed by atoms with E-state index in [0.717, 1.165) is 17.7 Å². The molecule has 0 saturated heterocycles. The largest absolute Gasteiger partial charge is 0.480 e. The van der Waals surface area contributed by atoms with Gasteiger partial charge in [-0.25, -0.2) is 9.59 Å². The zero-order valence-electron chi connectivity index (χ0n) is 11.8. The molecule has 1 heterocycles. The summed E-state index contributed by atoms with van der Waals surface area (Å²) in [6.45, 7) is 3.87. The number of hydrogen-bond acceptors (Lipinski definition) is 2. The van der Waals surface area contributed by atoms with Crippen LogP contribution in [0.5, 0.6) is 0 Å². The van der Waals surface area contributed by atoms with Crippen LogP contribution in [0.25, 0.3) is 0 Å². The van der Waals surface area contributed by atoms with Crippen LogP contribution in [0.3, 0.4) is 0 Å². The molecule has 0 saturated carbocycles. The molecule has 0 spiro atoms. The molecule has 2 rings (SSSR count). The Bertz CT molecular complexity index is 516. The van der Waals surface area contributed by atoms with E-state index in [4.69, 9.17) is 5.11 Å². The molecule has 1 unspecified atom stereocenters. The van der Waals surface area contributed by atoms with Gasteiger partial charge in [0.1, 0.15) is 6.04 Å². The Morgan fingerprint density at radius 1 is 1.45 bits per heavy atom. The van der Waals surface area contributed by atoms with Gasteiger partial charge in [-0.3, -0.25) is 4.90 Å². The number of para-hydroxylation sites is 1. The third-order valence-corrected chi connectivity index (χ3v) is 3.60. The van der Waals surface area contributed by atoms with E-state index < -0.39 is 12.0 Å². The minimum Gasteiger partial charge on any atom is -0.480 e. The number of benzene rings is 1. The van der Waals surface area contributed by atoms with Gasteiger partial charge in [-0.15, -0.1) is 0 Å². The summed E-state index contributed by atoms with van der Waals surface area (Å²) in [7, 11) is 0. The second-order valence-electron chi connectivity index (χ2n) is 5.18. The highest BCUT2D eigenvalue weighted by Gasteiger charge is 2.32. The predicted octanol–water partition coefficient (Wildman–Crippen LogP) is 2.40. The quantitative estimate of drug-likeness (QED) is 0.887. The first-order chi connectivity index (χ1) is 9.54. The van der Waals surface area contributed by atoms with Crippen LogP contribution >= 0.6 is 0 Å². The number of carbonyl (C=O) groups excluding carboxylic acids is 1. The number of urea groups is 1. The summed E-state index contributed by atoms with van der Waals surface area (Å²) >= 11 is 0. The van der Waals surface area contributed by atoms with Crippen LogP contribution in [0.4, 0.5) is 10.5 Å². The molecule has 0 radical (unpaired) electrons. The van der Waals surface area contributed by atoms with E-state index in [9.17, 15) is 9.59 Å². The Kier molecular flexibility index (Phi) is 4.27. The van der Waals surface area contributed by atoms with Gasteiger partial charge in [0.15, 0.2) is 0 Å². The Balaban J connectivity index is 2.15. The van der Waals surface area contributed by atoms with Crippen molar-refractivity contribution >= 4 is 17.7 Å². The third-order valence-electron chi connectivity index (χ3n) is 3.60. The number of carboxylic acids is 1. The molecule has 2 amide bonds. The molecule has 5 heteroatoms. The molecule has 0 fully saturated rings. The molecule has 1 aliphatic heterocycles. The third kappa shape index (κ3) is 2.76. The van der Waals surface area contributed by atoms with E-state index in [1.807, 2.05) is 38.1 Å². The summed E-state index contributed by atoms with van der Waals surface area (Å²) in [5.74, 6) is -0.986. The number of amides is 2. The van der Waals surface area contributed by atoms with E-state index >= 15 is 0 Å². The zero-order chi connectivity index (χ0) is 14.7. The average Bonchev–Trinajstić information content (AvgIpc) is 2.73. The lowest BCUT2D eigenvalue weighted by Gasteiger charge is -2.25. The van der Waals surface area contributed by atoms with Crippen molar-refractivity contribution in [3.63, 3.8) is 0 Å². The van der Waals surface area contributed by atoms with Gasteiger partial charge in [0.05, 0.1) is 0 Å². The number of nitrogens with zero attached hydrogens (tertiary/aromatic N) is 1. The van der Waals surface area contributed by atoms with Gasteiger partial charge in [-0.1, -0.05) is 31.5 Å². The van der Waals surface area contributed by atoms with E-state index in [2.05, 4.69) is 5.32 Å². The summed E-state index contributed by atoms with van der Waals surface area (Å²) in [6.07, 6.45) is 1.95. The average molecular weight is 276 g/mol. The monoisotopic (exact) mass is 276 g/mol. The topological polar surface area (TPSA) is 69.6 Å². The minimum absolute atomic E-state index is 0.0449. The summed E-state index contributed by atoms with van der Waals surface area (Å²) in [5, 5.41) is 11.7. The first kappa shape index (κ1) is 14.4. The highest BCUT2D eigenvalue weighted by Crippen LogP contribution is 2.31. The van der Waals surface area contributed by atoms with Crippen LogP contribution in [-0.2, 0) is 11.2 Å². The Labute approximate surface area is 118 Å². The number of aliphatic carboxylic acids is 1. The molecule has 5 nitrogen and oxygen atoms in total. The molecule has 108 valence electrons. The van der Waals surface area contributed by atoms with Crippen LogP contribution in [-0.4, -0.2) is 29.2 Å². The summed E-state index contributed by atoms with van der Waals surface area (Å²) in [4.78, 5) is 25.1. The van der Waals surface area contributed by atoms with Gasteiger partial charge in [0, 0.05) is 11.7 Å². The van der Waals surface area contributed by atoms with Gasteiger partial charge >= 0.3 is 12.0 Å². The number of carbonyl (C=O) groups is 2. The Morgan fingerprint density at radius 2 is 2.15 bits per heavy atom. The van der Waals surface area contributed by atoms with E-state index in [0.29, 0.717) is 12.8 Å². The molecule has 2 atom stereocenters. The van der Waals surface area contributed by atoms with Crippen LogP contribution in [0.2, 0.25) is 0 Å². The first-order valence-electron chi connectivity index (χ1n) is 6.95. The highest BCUT2D eigenvalue weighted by molar-refractivity contribution is 5.96. The van der Waals surface area contributed by atoms with E-state index in [1.54, 1.807) is 4.90 Å². The van der Waals surface area contributed by atoms with Crippen molar-refractivity contribution in [3.05, 3.63) is 29.8 Å². The van der Waals surface area contributed by atoms with Crippen LogP contribution in [0, 0.1) is 0 Å². The fourth-order valence-corrected chi connectivity index (χ4v) is 2.64. The molecule has 0 bridgehead atoms. The zero-order valence-corrected chi connectivity index (χ0v) is 11.8. The summed E-state index contributed by atoms with van der Waals surface area (Å²) < 4.78 is 0. The Morgan fingerprint density at radius 3 is 2.80 bits per heavy atom. The van der Waals surface area contributed by atoms with Gasteiger partial charge in [0.2, 0.25) is 0 Å². The second-order valence-corrected chi connectivity index (χ2v) is 5.18. The summed E-state index contributed by atoms with van der Waals surface area (Å²) in [5.41, 5.74) is 2.00. The SMILES string of the molecule is CCC[C@H](NC(=O)N1c2ccccc2CC1C)C(=O)O. The van der Waals surface area contributed by atoms with Crippen molar-refractivity contribution in [3.8, 4) is 0 Å². The van der Waals surface area contributed by atoms with Crippen LogP contribution in [0.1, 0.15) is 32.3 Å². The number of carboxylic acid groups (broad SMARTS) is 1. The molecular weight excluding hydrogens is 256 g/mol. The minimum atomic E-state index is -0.986. The van der Waals surface area contributed by atoms with Gasteiger partial charge in [0.25, 0.3) is 0 Å². The lowest BCUT2D eigenvalue weighted by atomic mass is 10.1. The van der Waals surface area contributed by atoms with Crippen molar-refractivity contribution in [1.82, 2.24) is 5.32 Å². The molecule has 20 heavy (non-hydrogen) atoms. The predicted molar refractivity (Wildman–Crippen MR) is 77.0 cm³/mol. The van der Waals surface area contributed by atoms with Gasteiger partial charge in [-0.2, -0.15) is 0 Å². The maximum atomic E-state index is 12.4. The fourth-order valence-electron chi connectivity index (χ4n) is 2.64. The van der Waals surface area contributed by atoms with Crippen molar-refractivity contribution < 1.29 is 14.7 Å². The molecule has 1 aromatic carbocycles. The molecule has 1 aliphatic rings. The van der Waals surface area contributed by atoms with Crippen LogP contribution < -0.4 is 10.2 Å². The Hall–Kier alpha value is -2.04. The molecule has 1 aromatic rings. The number of anilines is 1. The standard InChI is InChI=1S/C15H20N2O3/c1-3-6-12(14(18)19)16-15(20)17-10(2)9-11-7-4-5-8-13(11)17/h4-5,7-8,10,12H,3,6,9H2,1-2H3,(H,16,20)(H,18,19)/t10?,12-/m0/s1. The normalized spacial score (nSPS) is 18.5.